The third kappa shape index (κ3) is 8.88. The van der Waals surface area contributed by atoms with Crippen LogP contribution in [-0.4, -0.2) is 79.8 Å². The number of hydrogen-bond donors (Lipinski definition) is 5. The van der Waals surface area contributed by atoms with Crippen molar-refractivity contribution in [2.45, 2.75) is 19.9 Å². The van der Waals surface area contributed by atoms with Gasteiger partial charge in [0.15, 0.2) is 23.9 Å². The number of benzene rings is 2. The van der Waals surface area contributed by atoms with Gasteiger partial charge in [-0.2, -0.15) is 0 Å². The molecule has 1 unspecified atom stereocenters. The first-order valence-corrected chi connectivity index (χ1v) is 13.0. The highest BCUT2D eigenvalue weighted by Crippen LogP contribution is 2.33. The second-order valence-electron chi connectivity index (χ2n) is 9.08. The molecule has 0 fully saturated rings. The fourth-order valence-corrected chi connectivity index (χ4v) is 3.59. The van der Waals surface area contributed by atoms with Crippen LogP contribution in [0.5, 0.6) is 11.5 Å². The van der Waals surface area contributed by atoms with Gasteiger partial charge in [-0.25, -0.2) is 14.8 Å². The van der Waals surface area contributed by atoms with Gasteiger partial charge < -0.3 is 30.5 Å². The van der Waals surface area contributed by atoms with E-state index < -0.39 is 17.7 Å². The minimum Gasteiger partial charge on any atom is -0.490 e. The average molecular weight is 592 g/mol. The molecular formula is C28H33N9O6. The molecule has 4 aromatic rings. The highest BCUT2D eigenvalue weighted by molar-refractivity contribution is 5.95. The number of amides is 1. The lowest BCUT2D eigenvalue weighted by Crippen LogP contribution is -2.27. The number of hydrogen-bond acceptors (Lipinski definition) is 10. The summed E-state index contributed by atoms with van der Waals surface area (Å²) in [6.07, 6.45) is 3.03. The van der Waals surface area contributed by atoms with E-state index in [1.54, 1.807) is 62.6 Å². The summed E-state index contributed by atoms with van der Waals surface area (Å²) >= 11 is 0. The zero-order valence-corrected chi connectivity index (χ0v) is 24.1. The molecule has 15 nitrogen and oxygen atoms in total. The van der Waals surface area contributed by atoms with Crippen molar-refractivity contribution in [3.05, 3.63) is 88.4 Å². The summed E-state index contributed by atoms with van der Waals surface area (Å²) in [6.45, 7) is 3.14. The quantitative estimate of drug-likeness (QED) is 0.125. The predicted octanol–water partition coefficient (Wildman–Crippen LogP) is 1.79. The van der Waals surface area contributed by atoms with E-state index in [-0.39, 0.29) is 24.3 Å². The molecule has 0 aliphatic heterocycles. The predicted molar refractivity (Wildman–Crippen MR) is 158 cm³/mol. The number of anilines is 1. The Bertz CT molecular complexity index is 1600. The van der Waals surface area contributed by atoms with Crippen LogP contribution in [0, 0.1) is 5.41 Å². The second-order valence-corrected chi connectivity index (χ2v) is 9.08. The van der Waals surface area contributed by atoms with E-state index in [2.05, 4.69) is 25.4 Å². The Morgan fingerprint density at radius 3 is 2.35 bits per heavy atom. The van der Waals surface area contributed by atoms with Gasteiger partial charge in [0, 0.05) is 44.7 Å². The zero-order valence-electron chi connectivity index (χ0n) is 24.1. The third-order valence-electron chi connectivity index (χ3n) is 5.61. The van der Waals surface area contributed by atoms with Gasteiger partial charge in [0.25, 0.3) is 17.8 Å². The molecule has 2 aromatic heterocycles. The van der Waals surface area contributed by atoms with Crippen LogP contribution in [0.15, 0.2) is 65.7 Å². The number of ether oxygens (including phenoxy) is 2. The van der Waals surface area contributed by atoms with Gasteiger partial charge in [-0.1, -0.05) is 6.07 Å². The van der Waals surface area contributed by atoms with Crippen LogP contribution in [0.2, 0.25) is 0 Å². The fraction of sp³-hybridized carbons (Fsp3) is 0.250. The molecule has 15 heteroatoms. The maximum absolute atomic E-state index is 12.8. The molecule has 0 bridgehead atoms. The van der Waals surface area contributed by atoms with Gasteiger partial charge in [-0.05, 0) is 55.0 Å². The van der Waals surface area contributed by atoms with Crippen LogP contribution in [0.3, 0.4) is 0 Å². The first-order valence-electron chi connectivity index (χ1n) is 13.0. The highest BCUT2D eigenvalue weighted by Gasteiger charge is 2.23. The van der Waals surface area contributed by atoms with Crippen LogP contribution in [0.4, 0.5) is 5.69 Å². The molecule has 0 aliphatic carbocycles. The molecule has 0 aliphatic rings. The molecule has 1 amide bonds. The van der Waals surface area contributed by atoms with Crippen molar-refractivity contribution in [3.63, 3.8) is 0 Å². The molecule has 0 saturated carbocycles. The van der Waals surface area contributed by atoms with Crippen molar-refractivity contribution < 1.29 is 24.2 Å². The summed E-state index contributed by atoms with van der Waals surface area (Å²) in [6, 6.07) is 13.2. The second kappa shape index (κ2) is 14.8. The van der Waals surface area contributed by atoms with Crippen molar-refractivity contribution in [2.24, 2.45) is 5.73 Å². The van der Waals surface area contributed by atoms with Crippen molar-refractivity contribution in [1.82, 2.24) is 29.6 Å². The number of carboxylic acids is 1. The smallest absolute Gasteiger partial charge is 0.350 e. The molecule has 43 heavy (non-hydrogen) atoms. The van der Waals surface area contributed by atoms with E-state index in [0.717, 1.165) is 11.6 Å². The van der Waals surface area contributed by atoms with E-state index in [1.165, 1.54) is 17.3 Å². The van der Waals surface area contributed by atoms with Crippen LogP contribution in [0.1, 0.15) is 36.8 Å². The molecule has 0 spiro atoms. The molecular weight excluding hydrogens is 558 g/mol. The number of rotatable bonds is 11. The van der Waals surface area contributed by atoms with Crippen LogP contribution >= 0.6 is 0 Å². The Morgan fingerprint density at radius 1 is 1.12 bits per heavy atom. The van der Waals surface area contributed by atoms with Crippen molar-refractivity contribution in [3.8, 4) is 17.4 Å². The summed E-state index contributed by atoms with van der Waals surface area (Å²) in [7, 11) is 3.30. The summed E-state index contributed by atoms with van der Waals surface area (Å²) in [5.74, 6) is 0.168. The van der Waals surface area contributed by atoms with Crippen LogP contribution < -0.4 is 26.2 Å². The first kappa shape index (κ1) is 31.8. The van der Waals surface area contributed by atoms with Crippen LogP contribution in [0.25, 0.3) is 5.95 Å². The Kier molecular flexibility index (Phi) is 10.9. The molecule has 1 atom stereocenters. The molecule has 6 N–H and O–H groups in total. The first-order chi connectivity index (χ1) is 20.5. The standard InChI is InChI=1S/C26H29N9O4.C2H4O2/c1-4-38-20-14-17(8-11-19(20)39-15-21(36)34(2)3)22(31-18-9-6-16(7-10-18)23(27)28)24-32-26(37)35(33-24)25-29-12-5-13-30-25;1-2(3)4/h5-14,22,31H,4,15H2,1-3H3,(H3,27,28)(H,32,33,37);1H3,(H,3,4). The molecule has 2 aromatic carbocycles. The largest absolute Gasteiger partial charge is 0.490 e. The Labute approximate surface area is 246 Å². The Hall–Kier alpha value is -5.73. The molecule has 0 radical (unpaired) electrons. The van der Waals surface area contributed by atoms with Crippen molar-refractivity contribution in [2.75, 3.05) is 32.6 Å². The lowest BCUT2D eigenvalue weighted by Gasteiger charge is -2.20. The van der Waals surface area contributed by atoms with Gasteiger partial charge in [0.1, 0.15) is 11.9 Å². The Balaban J connectivity index is 0.00000119. The number of nitrogens with one attached hydrogen (secondary N) is 3. The average Bonchev–Trinajstić information content (AvgIpc) is 3.36. The van der Waals surface area contributed by atoms with Crippen molar-refractivity contribution >= 4 is 23.4 Å². The number of H-pyrrole nitrogens is 1. The number of carbonyl (C=O) groups is 2. The summed E-state index contributed by atoms with van der Waals surface area (Å²) in [5, 5.41) is 22.9. The maximum atomic E-state index is 12.8. The monoisotopic (exact) mass is 591 g/mol. The number of carbonyl (C=O) groups excluding carboxylic acids is 1. The number of carboxylic acid groups (broad SMARTS) is 1. The number of aliphatic carboxylic acids is 1. The van der Waals surface area contributed by atoms with Crippen molar-refractivity contribution in [1.29, 1.82) is 5.41 Å². The molecule has 4 rings (SSSR count). The van der Waals surface area contributed by atoms with Gasteiger partial charge >= 0.3 is 5.69 Å². The number of nitrogens with two attached hydrogens (primary N) is 1. The van der Waals surface area contributed by atoms with E-state index in [0.29, 0.717) is 40.7 Å². The number of nitrogens with zero attached hydrogens (tertiary/aromatic N) is 5. The summed E-state index contributed by atoms with van der Waals surface area (Å²) in [5.41, 5.74) is 7.03. The number of amidine groups is 1. The lowest BCUT2D eigenvalue weighted by atomic mass is 10.0. The van der Waals surface area contributed by atoms with E-state index in [9.17, 15) is 9.59 Å². The minimum atomic E-state index is -0.833. The lowest BCUT2D eigenvalue weighted by molar-refractivity contribution is -0.134. The fourth-order valence-electron chi connectivity index (χ4n) is 3.59. The Morgan fingerprint density at radius 2 is 1.77 bits per heavy atom. The van der Waals surface area contributed by atoms with Gasteiger partial charge in [0.2, 0.25) is 0 Å². The minimum absolute atomic E-state index is 0.0475. The third-order valence-corrected chi connectivity index (χ3v) is 5.61. The van der Waals surface area contributed by atoms with Gasteiger partial charge in [-0.3, -0.25) is 20.0 Å². The van der Waals surface area contributed by atoms with Gasteiger partial charge in [0.05, 0.1) is 6.61 Å². The highest BCUT2D eigenvalue weighted by atomic mass is 16.5. The molecule has 2 heterocycles. The maximum Gasteiger partial charge on any atom is 0.350 e. The van der Waals surface area contributed by atoms with E-state index in [1.807, 2.05) is 6.92 Å². The van der Waals surface area contributed by atoms with Gasteiger partial charge in [-0.15, -0.1) is 9.78 Å². The normalized spacial score (nSPS) is 11.0. The molecule has 226 valence electrons. The number of aromatic amines is 1. The van der Waals surface area contributed by atoms with E-state index in [4.69, 9.17) is 30.5 Å². The number of likely N-dealkylation sites (N-methyl/N-ethyl adjacent to an activating group) is 1. The number of nitrogen functional groups attached to an aromatic ring is 1. The van der Waals surface area contributed by atoms with Crippen LogP contribution in [-0.2, 0) is 9.59 Å². The topological polar surface area (TPSA) is 214 Å². The summed E-state index contributed by atoms with van der Waals surface area (Å²) < 4.78 is 12.6. The summed E-state index contributed by atoms with van der Waals surface area (Å²) in [4.78, 5) is 46.3. The number of aromatic nitrogens is 5. The zero-order chi connectivity index (χ0) is 31.5. The SMILES string of the molecule is CC(=O)O.CCOc1cc(C(Nc2ccc(C(=N)N)cc2)c2nn(-c3ncccn3)c(=O)[nH]2)ccc1OCC(=O)N(C)C. The van der Waals surface area contributed by atoms with E-state index >= 15 is 0 Å². The molecule has 0 saturated heterocycles.